The molecule has 9 rings (SSSR count). The van der Waals surface area contributed by atoms with E-state index >= 15 is 0 Å². The first kappa shape index (κ1) is 30.5. The molecular weight excluding hydrogens is 693 g/mol. The Morgan fingerprint density at radius 1 is 0.551 bits per heavy atom. The average Bonchev–Trinajstić information content (AvgIpc) is 3.85. The molecule has 0 saturated heterocycles. The van der Waals surface area contributed by atoms with Crippen LogP contribution in [0.1, 0.15) is 95.6 Å². The number of allylic oxidation sites excluding steroid dienone is 4. The second-order valence-electron chi connectivity index (χ2n) is 13.6. The molecule has 0 atom stereocenters. The van der Waals surface area contributed by atoms with Crippen LogP contribution in [0.4, 0.5) is 17.6 Å². The van der Waals surface area contributed by atoms with E-state index in [9.17, 15) is 36.7 Å². The van der Waals surface area contributed by atoms with E-state index in [2.05, 4.69) is 13.8 Å². The van der Waals surface area contributed by atoms with Gasteiger partial charge >= 0.3 is 0 Å². The predicted octanol–water partition coefficient (Wildman–Crippen LogP) is 10.0. The minimum Gasteiger partial charge on any atom is -0.288 e. The van der Waals surface area contributed by atoms with Crippen molar-refractivity contribution in [1.82, 2.24) is 0 Å². The van der Waals surface area contributed by atoms with E-state index in [0.29, 0.717) is 4.88 Å². The highest BCUT2D eigenvalue weighted by Gasteiger charge is 2.49. The smallest absolute Gasteiger partial charge is 0.197 e. The molecule has 0 fully saturated rings. The second kappa shape index (κ2) is 9.56. The van der Waals surface area contributed by atoms with Crippen molar-refractivity contribution < 1.29 is 36.7 Å². The highest BCUT2D eigenvalue weighted by molar-refractivity contribution is 7.32. The third kappa shape index (κ3) is 3.83. The van der Waals surface area contributed by atoms with Crippen LogP contribution in [0, 0.1) is 23.3 Å². The molecule has 5 aromatic rings. The summed E-state index contributed by atoms with van der Waals surface area (Å²) < 4.78 is 57.6. The molecule has 11 heteroatoms. The van der Waals surface area contributed by atoms with Crippen LogP contribution in [-0.2, 0) is 10.8 Å². The number of rotatable bonds is 2. The molecule has 4 nitrogen and oxygen atoms in total. The number of Topliss-reactive ketones (excluding diaryl/α,β-unsaturated/α-hetero) is 4. The zero-order valence-electron chi connectivity index (χ0n) is 26.0. The number of fused-ring (bicyclic) bond motifs is 9. The van der Waals surface area contributed by atoms with Gasteiger partial charge in [-0.1, -0.05) is 27.7 Å². The summed E-state index contributed by atoms with van der Waals surface area (Å²) in [5, 5.41) is 0. The molecule has 242 valence electrons. The Hall–Kier alpha value is -4.58. The Balaban J connectivity index is 1.09. The fourth-order valence-corrected chi connectivity index (χ4v) is 12.3. The SMILES string of the molecule is CC1(C)C(C=C2C(=O)c3cc(F)c(F)cc3C2=O)=Cc2sc3c(c21)C(C)(C)c1c-3sc2cc(C=C3C(=O)c4cc(F)c(F)cc4C3=O)sc12. The topological polar surface area (TPSA) is 68.3 Å². The molecule has 0 aliphatic heterocycles. The van der Waals surface area contributed by atoms with E-state index < -0.39 is 57.2 Å². The number of carbonyl (C=O) groups excluding carboxylic acids is 4. The fourth-order valence-electron chi connectivity index (χ4n) is 7.64. The largest absolute Gasteiger partial charge is 0.288 e. The molecule has 0 spiro atoms. The van der Waals surface area contributed by atoms with Crippen LogP contribution in [-0.4, -0.2) is 23.1 Å². The summed E-state index contributed by atoms with van der Waals surface area (Å²) in [5.74, 6) is -7.27. The maximum absolute atomic E-state index is 13.9. The summed E-state index contributed by atoms with van der Waals surface area (Å²) in [5.41, 5.74) is 2.23. The van der Waals surface area contributed by atoms with Gasteiger partial charge in [-0.2, -0.15) is 0 Å². The normalized spacial score (nSPS) is 17.9. The van der Waals surface area contributed by atoms with E-state index in [0.717, 1.165) is 70.6 Å². The van der Waals surface area contributed by atoms with Gasteiger partial charge in [0.15, 0.2) is 46.4 Å². The number of benzene rings is 2. The van der Waals surface area contributed by atoms with Crippen LogP contribution < -0.4 is 0 Å². The van der Waals surface area contributed by atoms with Gasteiger partial charge in [-0.25, -0.2) is 17.6 Å². The molecule has 3 heterocycles. The Labute approximate surface area is 287 Å². The molecule has 0 bridgehead atoms. The minimum atomic E-state index is -1.18. The summed E-state index contributed by atoms with van der Waals surface area (Å²) in [6.45, 7) is 8.36. The average molecular weight is 713 g/mol. The maximum Gasteiger partial charge on any atom is 0.197 e. The van der Waals surface area contributed by atoms with Gasteiger partial charge in [-0.05, 0) is 70.8 Å². The second-order valence-corrected chi connectivity index (χ2v) is 16.8. The van der Waals surface area contributed by atoms with Crippen molar-refractivity contribution in [3.05, 3.63) is 125 Å². The highest BCUT2D eigenvalue weighted by Crippen LogP contribution is 2.64. The Morgan fingerprint density at radius 3 is 1.53 bits per heavy atom. The van der Waals surface area contributed by atoms with Crippen molar-refractivity contribution in [1.29, 1.82) is 0 Å². The third-order valence-corrected chi connectivity index (χ3v) is 13.7. The van der Waals surface area contributed by atoms with Crippen molar-refractivity contribution in [2.24, 2.45) is 0 Å². The Bertz CT molecular complexity index is 2540. The summed E-state index contributed by atoms with van der Waals surface area (Å²) in [6, 6.07) is 5.03. The van der Waals surface area contributed by atoms with Gasteiger partial charge in [-0.15, -0.1) is 34.0 Å². The van der Waals surface area contributed by atoms with E-state index in [4.69, 9.17) is 0 Å². The lowest BCUT2D eigenvalue weighted by Crippen LogP contribution is -2.24. The van der Waals surface area contributed by atoms with Crippen molar-refractivity contribution in [3.63, 3.8) is 0 Å². The third-order valence-electron chi connectivity index (χ3n) is 10.1. The summed E-state index contributed by atoms with van der Waals surface area (Å²) >= 11 is 4.71. The van der Waals surface area contributed by atoms with Crippen molar-refractivity contribution in [2.75, 3.05) is 0 Å². The summed E-state index contributed by atoms with van der Waals surface area (Å²) in [7, 11) is 0. The molecule has 0 saturated carbocycles. The van der Waals surface area contributed by atoms with Gasteiger partial charge in [0.2, 0.25) is 0 Å². The van der Waals surface area contributed by atoms with Gasteiger partial charge in [0.05, 0.1) is 20.7 Å². The van der Waals surface area contributed by atoms with E-state index in [-0.39, 0.29) is 33.4 Å². The molecule has 0 amide bonds. The number of ketones is 4. The first-order valence-electron chi connectivity index (χ1n) is 15.2. The minimum absolute atomic E-state index is 0.121. The predicted molar refractivity (Wildman–Crippen MR) is 182 cm³/mol. The number of halogens is 4. The van der Waals surface area contributed by atoms with Crippen LogP contribution >= 0.6 is 34.0 Å². The standard InChI is InChI=1S/C38H20F4O4S3/c1-37(2)13(5-19-30(43)15-9-21(39)22(40)10-16(15)31(19)44)6-25-27(37)28-35(48-25)36-29(38(28,3)4)34-26(49-36)8-14(47-34)7-20-32(45)17-11-23(41)24(42)12-18(17)33(20)46/h5-12H,1-4H3. The quantitative estimate of drug-likeness (QED) is 0.104. The van der Waals surface area contributed by atoms with Crippen molar-refractivity contribution in [3.8, 4) is 9.75 Å². The van der Waals surface area contributed by atoms with Crippen LogP contribution in [0.15, 0.2) is 53.1 Å². The number of thiophene rings is 3. The van der Waals surface area contributed by atoms with E-state index in [1.54, 1.807) is 28.7 Å². The number of hydrogen-bond acceptors (Lipinski definition) is 7. The van der Waals surface area contributed by atoms with Crippen molar-refractivity contribution in [2.45, 2.75) is 38.5 Å². The summed E-state index contributed by atoms with van der Waals surface area (Å²) in [4.78, 5) is 56.3. The molecule has 0 unspecified atom stereocenters. The molecule has 49 heavy (non-hydrogen) atoms. The first-order chi connectivity index (χ1) is 23.1. The molecule has 4 aliphatic rings. The maximum atomic E-state index is 13.9. The van der Waals surface area contributed by atoms with Gasteiger partial charge in [0.25, 0.3) is 0 Å². The Morgan fingerprint density at radius 2 is 1.02 bits per heavy atom. The first-order valence-corrected chi connectivity index (χ1v) is 17.6. The molecule has 0 N–H and O–H groups in total. The molecular formula is C38H20F4O4S3. The fraction of sp³-hybridized carbons (Fsp3) is 0.158. The van der Waals surface area contributed by atoms with Crippen LogP contribution in [0.2, 0.25) is 0 Å². The van der Waals surface area contributed by atoms with E-state index in [1.807, 2.05) is 26.0 Å². The van der Waals surface area contributed by atoms with Gasteiger partial charge in [0, 0.05) is 52.4 Å². The zero-order valence-corrected chi connectivity index (χ0v) is 28.4. The van der Waals surface area contributed by atoms with Gasteiger partial charge < -0.3 is 0 Å². The monoisotopic (exact) mass is 712 g/mol. The lowest BCUT2D eigenvalue weighted by atomic mass is 9.73. The highest BCUT2D eigenvalue weighted by atomic mass is 32.1. The molecule has 0 radical (unpaired) electrons. The van der Waals surface area contributed by atoms with Gasteiger partial charge in [0.1, 0.15) is 0 Å². The molecule has 2 aromatic carbocycles. The lowest BCUT2D eigenvalue weighted by molar-refractivity contribution is 0.0974. The molecule has 3 aromatic heterocycles. The number of carbonyl (C=O) groups is 4. The van der Waals surface area contributed by atoms with Crippen LogP contribution in [0.3, 0.4) is 0 Å². The zero-order chi connectivity index (χ0) is 34.6. The summed E-state index contributed by atoms with van der Waals surface area (Å²) in [6.07, 6.45) is 5.04. The number of hydrogen-bond donors (Lipinski definition) is 0. The van der Waals surface area contributed by atoms with Crippen LogP contribution in [0.5, 0.6) is 0 Å². The van der Waals surface area contributed by atoms with E-state index in [1.165, 1.54) is 17.4 Å². The lowest BCUT2D eigenvalue weighted by Gasteiger charge is -2.29. The molecule has 4 aliphatic carbocycles. The van der Waals surface area contributed by atoms with Crippen LogP contribution in [0.25, 0.3) is 31.3 Å². The Kier molecular flexibility index (Phi) is 5.94. The van der Waals surface area contributed by atoms with Gasteiger partial charge in [-0.3, -0.25) is 19.2 Å². The van der Waals surface area contributed by atoms with Crippen molar-refractivity contribution >= 4 is 78.7 Å².